The van der Waals surface area contributed by atoms with Gasteiger partial charge in [0.15, 0.2) is 5.76 Å². The lowest BCUT2D eigenvalue weighted by atomic mass is 10.0. The molecule has 0 aliphatic carbocycles. The monoisotopic (exact) mass is 340 g/mol. The molecular formula is C20H24N2O3. The highest BCUT2D eigenvalue weighted by molar-refractivity contribution is 5.95. The SMILES string of the molecule is C[C@H](NC(=O)c1ccco1)C(=O)N1CCC[C@@H]1CCc1ccccc1. The standard InChI is InChI=1S/C20H24N2O3/c1-15(21-19(23)18-10-6-14-25-18)20(24)22-13-5-9-17(22)12-11-16-7-3-2-4-8-16/h2-4,6-8,10,14-15,17H,5,9,11-13H2,1H3,(H,21,23)/t15-,17+/m0/s1. The van der Waals surface area contributed by atoms with E-state index in [1.165, 1.54) is 11.8 Å². The zero-order chi connectivity index (χ0) is 17.6. The molecule has 1 N–H and O–H groups in total. The Balaban J connectivity index is 1.55. The largest absolute Gasteiger partial charge is 0.459 e. The molecular weight excluding hydrogens is 316 g/mol. The molecule has 0 saturated carbocycles. The van der Waals surface area contributed by atoms with Crippen LogP contribution in [0.2, 0.25) is 0 Å². The topological polar surface area (TPSA) is 62.6 Å². The zero-order valence-electron chi connectivity index (χ0n) is 14.5. The third-order valence-corrected chi connectivity index (χ3v) is 4.73. The Morgan fingerprint density at radius 2 is 2.04 bits per heavy atom. The molecule has 132 valence electrons. The number of benzene rings is 1. The van der Waals surface area contributed by atoms with Gasteiger partial charge in [-0.1, -0.05) is 30.3 Å². The molecule has 25 heavy (non-hydrogen) atoms. The highest BCUT2D eigenvalue weighted by atomic mass is 16.3. The van der Waals surface area contributed by atoms with Gasteiger partial charge >= 0.3 is 0 Å². The number of hydrogen-bond acceptors (Lipinski definition) is 3. The van der Waals surface area contributed by atoms with E-state index in [0.717, 1.165) is 32.2 Å². The van der Waals surface area contributed by atoms with E-state index in [1.54, 1.807) is 19.1 Å². The van der Waals surface area contributed by atoms with E-state index in [4.69, 9.17) is 4.42 Å². The average Bonchev–Trinajstić information content (AvgIpc) is 3.31. The van der Waals surface area contributed by atoms with Gasteiger partial charge < -0.3 is 14.6 Å². The molecule has 2 aromatic rings. The Bertz CT molecular complexity index is 697. The second kappa shape index (κ2) is 8.01. The normalized spacial score (nSPS) is 18.1. The van der Waals surface area contributed by atoms with Crippen LogP contribution in [0, 0.1) is 0 Å². The highest BCUT2D eigenvalue weighted by Crippen LogP contribution is 2.22. The van der Waals surface area contributed by atoms with Crippen LogP contribution in [0.5, 0.6) is 0 Å². The Morgan fingerprint density at radius 1 is 1.24 bits per heavy atom. The van der Waals surface area contributed by atoms with Gasteiger partial charge in [-0.2, -0.15) is 0 Å². The number of carbonyl (C=O) groups is 2. The summed E-state index contributed by atoms with van der Waals surface area (Å²) < 4.78 is 5.07. The van der Waals surface area contributed by atoms with Crippen molar-refractivity contribution in [1.82, 2.24) is 10.2 Å². The lowest BCUT2D eigenvalue weighted by Gasteiger charge is -2.28. The van der Waals surface area contributed by atoms with Crippen molar-refractivity contribution in [2.45, 2.75) is 44.7 Å². The molecule has 5 heteroatoms. The number of hydrogen-bond donors (Lipinski definition) is 1. The quantitative estimate of drug-likeness (QED) is 0.879. The van der Waals surface area contributed by atoms with E-state index >= 15 is 0 Å². The maximum Gasteiger partial charge on any atom is 0.287 e. The first-order valence-corrected chi connectivity index (χ1v) is 8.84. The highest BCUT2D eigenvalue weighted by Gasteiger charge is 2.31. The number of likely N-dealkylation sites (tertiary alicyclic amines) is 1. The number of amides is 2. The number of nitrogens with zero attached hydrogens (tertiary/aromatic N) is 1. The summed E-state index contributed by atoms with van der Waals surface area (Å²) in [7, 11) is 0. The fourth-order valence-corrected chi connectivity index (χ4v) is 3.39. The first kappa shape index (κ1) is 17.3. The van der Waals surface area contributed by atoms with Crippen molar-refractivity contribution >= 4 is 11.8 Å². The van der Waals surface area contributed by atoms with E-state index < -0.39 is 6.04 Å². The second-order valence-corrected chi connectivity index (χ2v) is 6.52. The lowest BCUT2D eigenvalue weighted by Crippen LogP contribution is -2.48. The molecule has 1 aliphatic heterocycles. The molecule has 0 bridgehead atoms. The molecule has 1 fully saturated rings. The first-order valence-electron chi connectivity index (χ1n) is 8.84. The lowest BCUT2D eigenvalue weighted by molar-refractivity contribution is -0.133. The maximum absolute atomic E-state index is 12.8. The van der Waals surface area contributed by atoms with Gasteiger partial charge in [0.1, 0.15) is 6.04 Å². The smallest absolute Gasteiger partial charge is 0.287 e. The van der Waals surface area contributed by atoms with E-state index in [-0.39, 0.29) is 23.6 Å². The third kappa shape index (κ3) is 4.29. The van der Waals surface area contributed by atoms with Gasteiger partial charge in [0, 0.05) is 12.6 Å². The molecule has 3 rings (SSSR count). The molecule has 1 saturated heterocycles. The van der Waals surface area contributed by atoms with Gasteiger partial charge in [-0.15, -0.1) is 0 Å². The Hall–Kier alpha value is -2.56. The van der Waals surface area contributed by atoms with Crippen LogP contribution in [0.15, 0.2) is 53.1 Å². The Labute approximate surface area is 148 Å². The van der Waals surface area contributed by atoms with Crippen molar-refractivity contribution in [3.05, 3.63) is 60.1 Å². The fourth-order valence-electron chi connectivity index (χ4n) is 3.39. The molecule has 0 radical (unpaired) electrons. The van der Waals surface area contributed by atoms with Crippen LogP contribution in [0.25, 0.3) is 0 Å². The van der Waals surface area contributed by atoms with Crippen molar-refractivity contribution in [3.8, 4) is 0 Å². The van der Waals surface area contributed by atoms with Crippen LogP contribution in [0.4, 0.5) is 0 Å². The summed E-state index contributed by atoms with van der Waals surface area (Å²) in [5.74, 6) is -0.150. The maximum atomic E-state index is 12.8. The summed E-state index contributed by atoms with van der Waals surface area (Å²) >= 11 is 0. The van der Waals surface area contributed by atoms with Crippen LogP contribution >= 0.6 is 0 Å². The van der Waals surface area contributed by atoms with Crippen LogP contribution in [-0.2, 0) is 11.2 Å². The molecule has 1 aliphatic rings. The minimum Gasteiger partial charge on any atom is -0.459 e. The van der Waals surface area contributed by atoms with Crippen LogP contribution in [-0.4, -0.2) is 35.3 Å². The van der Waals surface area contributed by atoms with Crippen molar-refractivity contribution < 1.29 is 14.0 Å². The van der Waals surface area contributed by atoms with Gasteiger partial charge in [-0.3, -0.25) is 9.59 Å². The van der Waals surface area contributed by atoms with E-state index in [9.17, 15) is 9.59 Å². The summed E-state index contributed by atoms with van der Waals surface area (Å²) in [6, 6.07) is 13.3. The molecule has 1 aromatic carbocycles. The van der Waals surface area contributed by atoms with Gasteiger partial charge in [0.25, 0.3) is 5.91 Å². The second-order valence-electron chi connectivity index (χ2n) is 6.52. The molecule has 1 aromatic heterocycles. The third-order valence-electron chi connectivity index (χ3n) is 4.73. The molecule has 0 spiro atoms. The summed E-state index contributed by atoms with van der Waals surface area (Å²) in [6.07, 6.45) is 5.40. The molecule has 0 unspecified atom stereocenters. The predicted octanol–water partition coefficient (Wildman–Crippen LogP) is 3.02. The molecule has 5 nitrogen and oxygen atoms in total. The number of rotatable bonds is 6. The van der Waals surface area contributed by atoms with E-state index in [2.05, 4.69) is 17.4 Å². The predicted molar refractivity (Wildman–Crippen MR) is 95.1 cm³/mol. The molecule has 2 amide bonds. The van der Waals surface area contributed by atoms with E-state index in [0.29, 0.717) is 0 Å². The Morgan fingerprint density at radius 3 is 2.76 bits per heavy atom. The number of carbonyl (C=O) groups excluding carboxylic acids is 2. The van der Waals surface area contributed by atoms with Crippen molar-refractivity contribution in [2.75, 3.05) is 6.54 Å². The number of aryl methyl sites for hydroxylation is 1. The van der Waals surface area contributed by atoms with Crippen LogP contribution in [0.1, 0.15) is 42.3 Å². The average molecular weight is 340 g/mol. The molecule has 2 atom stereocenters. The number of nitrogens with one attached hydrogen (secondary N) is 1. The van der Waals surface area contributed by atoms with Crippen molar-refractivity contribution in [1.29, 1.82) is 0 Å². The van der Waals surface area contributed by atoms with Crippen molar-refractivity contribution in [3.63, 3.8) is 0 Å². The van der Waals surface area contributed by atoms with Crippen LogP contribution < -0.4 is 5.32 Å². The summed E-state index contributed by atoms with van der Waals surface area (Å²) in [5, 5.41) is 2.73. The van der Waals surface area contributed by atoms with Gasteiger partial charge in [0.2, 0.25) is 5.91 Å². The van der Waals surface area contributed by atoms with E-state index in [1.807, 2.05) is 23.1 Å². The van der Waals surface area contributed by atoms with Gasteiger partial charge in [0.05, 0.1) is 6.26 Å². The minimum absolute atomic E-state index is 0.0181. The first-order chi connectivity index (χ1) is 12.1. The van der Waals surface area contributed by atoms with Crippen LogP contribution in [0.3, 0.4) is 0 Å². The van der Waals surface area contributed by atoms with Gasteiger partial charge in [-0.25, -0.2) is 0 Å². The molecule has 2 heterocycles. The zero-order valence-corrected chi connectivity index (χ0v) is 14.5. The Kier molecular flexibility index (Phi) is 5.53. The minimum atomic E-state index is -0.560. The number of furan rings is 1. The fraction of sp³-hybridized carbons (Fsp3) is 0.400. The van der Waals surface area contributed by atoms with Crippen molar-refractivity contribution in [2.24, 2.45) is 0 Å². The summed E-state index contributed by atoms with van der Waals surface area (Å²) in [4.78, 5) is 26.7. The van der Waals surface area contributed by atoms with Gasteiger partial charge in [-0.05, 0) is 50.3 Å². The summed E-state index contributed by atoms with van der Waals surface area (Å²) in [5.41, 5.74) is 1.29. The summed E-state index contributed by atoms with van der Waals surface area (Å²) in [6.45, 7) is 2.50.